The zero-order valence-electron chi connectivity index (χ0n) is 12.6. The zero-order chi connectivity index (χ0) is 15.7. The highest BCUT2D eigenvalue weighted by Gasteiger charge is 2.30. The molecule has 0 spiro atoms. The summed E-state index contributed by atoms with van der Waals surface area (Å²) in [5.41, 5.74) is -0.186. The van der Waals surface area contributed by atoms with E-state index in [1.807, 2.05) is 17.9 Å². The van der Waals surface area contributed by atoms with Crippen molar-refractivity contribution < 1.29 is 13.5 Å². The molecule has 2 radical (unpaired) electrons. The van der Waals surface area contributed by atoms with Crippen LogP contribution in [0.3, 0.4) is 0 Å². The fourth-order valence-electron chi connectivity index (χ4n) is 2.82. The molecular formula is C15H22BNO3S. The van der Waals surface area contributed by atoms with Crippen LogP contribution in [0.2, 0.25) is 0 Å². The van der Waals surface area contributed by atoms with E-state index in [9.17, 15) is 13.5 Å². The number of nitrogens with zero attached hydrogens (tertiary/aromatic N) is 1. The maximum Gasteiger partial charge on any atom is 0.175 e. The second kappa shape index (κ2) is 6.11. The Hall–Kier alpha value is -0.845. The lowest BCUT2D eigenvalue weighted by Crippen LogP contribution is -2.52. The van der Waals surface area contributed by atoms with E-state index in [1.54, 1.807) is 18.2 Å². The lowest BCUT2D eigenvalue weighted by atomic mass is 9.82. The molecule has 1 aliphatic heterocycles. The van der Waals surface area contributed by atoms with Gasteiger partial charge in [-0.15, -0.1) is 0 Å². The Labute approximate surface area is 128 Å². The third kappa shape index (κ3) is 3.87. The molecule has 0 bridgehead atoms. The summed E-state index contributed by atoms with van der Waals surface area (Å²) in [5.74, 6) is 0.315. The minimum absolute atomic E-state index is 0.315. The first kappa shape index (κ1) is 16.5. The lowest BCUT2D eigenvalue weighted by molar-refractivity contribution is -0.0522. The molecule has 1 N–H and O–H groups in total. The van der Waals surface area contributed by atoms with Crippen LogP contribution in [0.25, 0.3) is 0 Å². The molecule has 6 heteroatoms. The van der Waals surface area contributed by atoms with Gasteiger partial charge in [-0.2, -0.15) is 0 Å². The van der Waals surface area contributed by atoms with Crippen molar-refractivity contribution in [3.8, 4) is 0 Å². The molecule has 1 aromatic rings. The fourth-order valence-corrected chi connectivity index (χ4v) is 3.50. The van der Waals surface area contributed by atoms with Crippen LogP contribution in [0, 0.1) is 0 Å². The molecule has 1 atom stereocenters. The van der Waals surface area contributed by atoms with Crippen molar-refractivity contribution in [2.75, 3.05) is 19.3 Å². The first-order chi connectivity index (χ1) is 9.74. The van der Waals surface area contributed by atoms with Crippen LogP contribution in [0.1, 0.15) is 37.7 Å². The first-order valence-electron chi connectivity index (χ1n) is 7.30. The van der Waals surface area contributed by atoms with Crippen molar-refractivity contribution in [1.82, 2.24) is 4.90 Å². The highest BCUT2D eigenvalue weighted by Crippen LogP contribution is 2.31. The maximum absolute atomic E-state index is 11.6. The van der Waals surface area contributed by atoms with Crippen LogP contribution in [0.5, 0.6) is 0 Å². The van der Waals surface area contributed by atoms with Crippen LogP contribution >= 0.6 is 0 Å². The van der Waals surface area contributed by atoms with Crippen molar-refractivity contribution in [2.45, 2.75) is 42.6 Å². The van der Waals surface area contributed by atoms with Crippen LogP contribution < -0.4 is 0 Å². The van der Waals surface area contributed by atoms with Crippen LogP contribution in [-0.4, -0.2) is 51.2 Å². The quantitative estimate of drug-likeness (QED) is 0.856. The molecular weight excluding hydrogens is 285 g/mol. The van der Waals surface area contributed by atoms with E-state index >= 15 is 0 Å². The molecule has 114 valence electrons. The summed E-state index contributed by atoms with van der Waals surface area (Å²) in [5, 5.41) is 10.1. The van der Waals surface area contributed by atoms with Crippen LogP contribution in [-0.2, 0) is 9.84 Å². The van der Waals surface area contributed by atoms with Gasteiger partial charge in [-0.05, 0) is 42.9 Å². The Morgan fingerprint density at radius 3 is 2.52 bits per heavy atom. The van der Waals surface area contributed by atoms with Gasteiger partial charge in [0, 0.05) is 19.3 Å². The van der Waals surface area contributed by atoms with Crippen molar-refractivity contribution in [3.05, 3.63) is 29.8 Å². The number of aliphatic hydroxyl groups is 1. The molecule has 1 aliphatic rings. The van der Waals surface area contributed by atoms with Crippen molar-refractivity contribution >= 4 is 17.7 Å². The van der Waals surface area contributed by atoms with Crippen molar-refractivity contribution in [1.29, 1.82) is 0 Å². The summed E-state index contributed by atoms with van der Waals surface area (Å²) in [4.78, 5) is 2.26. The average molecular weight is 307 g/mol. The molecule has 0 amide bonds. The molecule has 0 aliphatic carbocycles. The third-order valence-corrected chi connectivity index (χ3v) is 5.43. The Balaban J connectivity index is 2.10. The number of rotatable bonds is 4. The first-order valence-corrected chi connectivity index (χ1v) is 9.19. The molecule has 4 nitrogen and oxygen atoms in total. The monoisotopic (exact) mass is 307 g/mol. The minimum Gasteiger partial charge on any atom is -0.385 e. The minimum atomic E-state index is -3.17. The van der Waals surface area contributed by atoms with E-state index in [2.05, 4.69) is 0 Å². The van der Waals surface area contributed by atoms with Gasteiger partial charge >= 0.3 is 0 Å². The average Bonchev–Trinajstić information content (AvgIpc) is 2.47. The summed E-state index contributed by atoms with van der Waals surface area (Å²) in [6, 6.07) is 7.17. The molecule has 0 aromatic heterocycles. The summed E-state index contributed by atoms with van der Waals surface area (Å²) < 4.78 is 23.3. The van der Waals surface area contributed by atoms with Gasteiger partial charge in [0.15, 0.2) is 9.84 Å². The molecule has 1 aromatic carbocycles. The highest BCUT2D eigenvalue weighted by molar-refractivity contribution is 7.90. The predicted molar refractivity (Wildman–Crippen MR) is 84.1 cm³/mol. The molecule has 0 saturated carbocycles. The van der Waals surface area contributed by atoms with Crippen molar-refractivity contribution in [3.63, 3.8) is 0 Å². The van der Waals surface area contributed by atoms with Gasteiger partial charge in [-0.1, -0.05) is 19.1 Å². The number of sulfone groups is 1. The fraction of sp³-hybridized carbons (Fsp3) is 0.600. The van der Waals surface area contributed by atoms with Gasteiger partial charge in [-0.3, -0.25) is 4.90 Å². The number of hydrogen-bond donors (Lipinski definition) is 1. The Bertz CT molecular complexity index is 593. The van der Waals surface area contributed by atoms with Gasteiger partial charge in [0.2, 0.25) is 0 Å². The molecule has 1 unspecified atom stereocenters. The van der Waals surface area contributed by atoms with Gasteiger partial charge in [0.1, 0.15) is 7.85 Å². The van der Waals surface area contributed by atoms with E-state index in [-0.39, 0.29) is 0 Å². The lowest BCUT2D eigenvalue weighted by Gasteiger charge is -2.42. The van der Waals surface area contributed by atoms with E-state index in [0.717, 1.165) is 18.4 Å². The number of likely N-dealkylation sites (tertiary alicyclic amines) is 1. The molecule has 21 heavy (non-hydrogen) atoms. The largest absolute Gasteiger partial charge is 0.385 e. The Morgan fingerprint density at radius 2 is 2.00 bits per heavy atom. The Morgan fingerprint density at radius 1 is 1.38 bits per heavy atom. The normalized spacial score (nSPS) is 21.1. The maximum atomic E-state index is 11.6. The SMILES string of the molecule is [B]C(O)(CC)N1CCC(c2cccc(S(C)(=O)=O)c2)CC1. The standard InChI is InChI=1S/C15H22BNO3S/c1-3-15(16,18)17-9-7-12(8-10-17)13-5-4-6-14(11-13)21(2,19)20/h4-6,11-12,18H,3,7-10H2,1-2H3. The molecule has 1 saturated heterocycles. The summed E-state index contributed by atoms with van der Waals surface area (Å²) >= 11 is 0. The van der Waals surface area contributed by atoms with Gasteiger partial charge in [-0.25, -0.2) is 8.42 Å². The molecule has 1 heterocycles. The molecule has 2 rings (SSSR count). The van der Waals surface area contributed by atoms with E-state index in [1.165, 1.54) is 6.26 Å². The van der Waals surface area contributed by atoms with E-state index in [0.29, 0.717) is 30.3 Å². The number of piperidine rings is 1. The second-order valence-electron chi connectivity index (χ2n) is 5.84. The predicted octanol–water partition coefficient (Wildman–Crippen LogP) is 1.49. The summed E-state index contributed by atoms with van der Waals surface area (Å²) in [6.07, 6.45) is 3.45. The topological polar surface area (TPSA) is 57.6 Å². The second-order valence-corrected chi connectivity index (χ2v) is 7.85. The zero-order valence-corrected chi connectivity index (χ0v) is 13.4. The van der Waals surface area contributed by atoms with Crippen LogP contribution in [0.4, 0.5) is 0 Å². The van der Waals surface area contributed by atoms with Gasteiger partial charge < -0.3 is 5.11 Å². The third-order valence-electron chi connectivity index (χ3n) is 4.32. The highest BCUT2D eigenvalue weighted by atomic mass is 32.2. The van der Waals surface area contributed by atoms with Gasteiger partial charge in [0.25, 0.3) is 0 Å². The van der Waals surface area contributed by atoms with Crippen LogP contribution in [0.15, 0.2) is 29.2 Å². The smallest absolute Gasteiger partial charge is 0.175 e. The number of benzene rings is 1. The summed E-state index contributed by atoms with van der Waals surface area (Å²) in [6.45, 7) is 3.30. The molecule has 1 fully saturated rings. The van der Waals surface area contributed by atoms with Crippen molar-refractivity contribution in [2.24, 2.45) is 0 Å². The number of hydrogen-bond acceptors (Lipinski definition) is 4. The van der Waals surface area contributed by atoms with E-state index in [4.69, 9.17) is 7.85 Å². The summed E-state index contributed by atoms with van der Waals surface area (Å²) in [7, 11) is 2.69. The van der Waals surface area contributed by atoms with Gasteiger partial charge in [0.05, 0.1) is 10.5 Å². The Kier molecular flexibility index (Phi) is 4.80. The van der Waals surface area contributed by atoms with E-state index < -0.39 is 15.5 Å².